The maximum Gasteiger partial charge on any atom is 0.341 e. The highest BCUT2D eigenvalue weighted by atomic mass is 32.2. The van der Waals surface area contributed by atoms with E-state index in [4.69, 9.17) is 4.74 Å². The summed E-state index contributed by atoms with van der Waals surface area (Å²) in [7, 11) is -0.873. The van der Waals surface area contributed by atoms with Gasteiger partial charge in [-0.1, -0.05) is 19.1 Å². The fourth-order valence-corrected chi connectivity index (χ4v) is 4.56. The molecule has 178 valence electrons. The summed E-state index contributed by atoms with van der Waals surface area (Å²) in [6.45, 7) is 5.07. The Bertz CT molecular complexity index is 1110. The third-order valence-corrected chi connectivity index (χ3v) is 7.51. The number of esters is 1. The Morgan fingerprint density at radius 2 is 1.73 bits per heavy atom. The molecule has 0 radical (unpaired) electrons. The van der Waals surface area contributed by atoms with Gasteiger partial charge in [0.15, 0.2) is 6.10 Å². The number of amides is 1. The van der Waals surface area contributed by atoms with Crippen LogP contribution >= 0.6 is 0 Å². The van der Waals surface area contributed by atoms with Gasteiger partial charge in [0.1, 0.15) is 0 Å². The summed E-state index contributed by atoms with van der Waals surface area (Å²) in [4.78, 5) is 27.7. The highest BCUT2D eigenvalue weighted by Gasteiger charge is 2.27. The van der Waals surface area contributed by atoms with Gasteiger partial charge >= 0.3 is 5.97 Å². The van der Waals surface area contributed by atoms with Gasteiger partial charge in [0, 0.05) is 32.9 Å². The number of rotatable bonds is 8. The number of hydrogen-bond acceptors (Lipinski definition) is 6. The smallest absolute Gasteiger partial charge is 0.341 e. The van der Waals surface area contributed by atoms with Crippen molar-refractivity contribution in [3.05, 3.63) is 53.6 Å². The maximum absolute atomic E-state index is 13.1. The van der Waals surface area contributed by atoms with Crippen molar-refractivity contribution in [3.8, 4) is 0 Å². The molecular formula is C24H31N3O5S. The molecule has 1 aliphatic heterocycles. The van der Waals surface area contributed by atoms with Crippen molar-refractivity contribution in [2.75, 3.05) is 37.4 Å². The summed E-state index contributed by atoms with van der Waals surface area (Å²) >= 11 is 0. The number of carbonyl (C=O) groups excluding carboxylic acids is 2. The monoisotopic (exact) mass is 473 g/mol. The lowest BCUT2D eigenvalue weighted by Gasteiger charge is -2.23. The van der Waals surface area contributed by atoms with Gasteiger partial charge in [-0.2, -0.15) is 0 Å². The van der Waals surface area contributed by atoms with E-state index >= 15 is 0 Å². The Morgan fingerprint density at radius 3 is 2.30 bits per heavy atom. The third kappa shape index (κ3) is 5.72. The summed E-state index contributed by atoms with van der Waals surface area (Å²) in [5.74, 6) is -1.20. The summed E-state index contributed by atoms with van der Waals surface area (Å²) < 4.78 is 31.8. The van der Waals surface area contributed by atoms with Crippen molar-refractivity contribution in [2.24, 2.45) is 0 Å². The van der Waals surface area contributed by atoms with Gasteiger partial charge in [0.05, 0.1) is 16.1 Å². The molecule has 0 aromatic heterocycles. The quantitative estimate of drug-likeness (QED) is 0.591. The molecule has 1 atom stereocenters. The van der Waals surface area contributed by atoms with Crippen LogP contribution in [0.4, 0.5) is 11.4 Å². The number of aryl methyl sites for hydroxylation is 1. The molecule has 2 aromatic rings. The molecule has 1 heterocycles. The van der Waals surface area contributed by atoms with Crippen LogP contribution in [-0.4, -0.2) is 57.9 Å². The highest BCUT2D eigenvalue weighted by molar-refractivity contribution is 7.89. The van der Waals surface area contributed by atoms with Gasteiger partial charge in [-0.05, 0) is 62.1 Å². The molecule has 0 bridgehead atoms. The SMILES string of the molecule is CCc1ccc(NC(=O)[C@@H](C)OC(=O)c2cc(S(=O)(=O)N(C)C)ccc2N2CCCC2)cc1. The van der Waals surface area contributed by atoms with Gasteiger partial charge in [0.2, 0.25) is 10.0 Å². The van der Waals surface area contributed by atoms with Crippen molar-refractivity contribution >= 4 is 33.3 Å². The van der Waals surface area contributed by atoms with E-state index in [9.17, 15) is 18.0 Å². The van der Waals surface area contributed by atoms with Gasteiger partial charge in [0.25, 0.3) is 5.91 Å². The number of ether oxygens (including phenoxy) is 1. The molecule has 9 heteroatoms. The lowest BCUT2D eigenvalue weighted by atomic mass is 10.1. The Balaban J connectivity index is 1.82. The van der Waals surface area contributed by atoms with Crippen LogP contribution in [0.25, 0.3) is 0 Å². The summed E-state index contributed by atoms with van der Waals surface area (Å²) in [6.07, 6.45) is 1.80. The van der Waals surface area contributed by atoms with E-state index in [0.717, 1.165) is 42.2 Å². The summed E-state index contributed by atoms with van der Waals surface area (Å²) in [5.41, 5.74) is 2.50. The van der Waals surface area contributed by atoms with Crippen molar-refractivity contribution in [3.63, 3.8) is 0 Å². The summed E-state index contributed by atoms with van der Waals surface area (Å²) in [5, 5.41) is 2.74. The minimum atomic E-state index is -3.74. The molecule has 3 rings (SSSR count). The lowest BCUT2D eigenvalue weighted by Crippen LogP contribution is -2.31. The largest absolute Gasteiger partial charge is 0.449 e. The van der Waals surface area contributed by atoms with Gasteiger partial charge in [-0.3, -0.25) is 4.79 Å². The predicted octanol–water partition coefficient (Wildman–Crippen LogP) is 3.28. The maximum atomic E-state index is 13.1. The number of hydrogen-bond donors (Lipinski definition) is 1. The molecule has 33 heavy (non-hydrogen) atoms. The van der Waals surface area contributed by atoms with Crippen LogP contribution in [0, 0.1) is 0 Å². The molecule has 1 aliphatic rings. The number of benzene rings is 2. The predicted molar refractivity (Wildman–Crippen MR) is 128 cm³/mol. The molecule has 0 unspecified atom stereocenters. The van der Waals surface area contributed by atoms with Crippen LogP contribution in [0.15, 0.2) is 47.4 Å². The molecule has 1 saturated heterocycles. The van der Waals surface area contributed by atoms with E-state index in [-0.39, 0.29) is 10.5 Å². The molecule has 2 aromatic carbocycles. The van der Waals surface area contributed by atoms with E-state index in [1.807, 2.05) is 24.0 Å². The van der Waals surface area contributed by atoms with E-state index in [1.165, 1.54) is 33.2 Å². The molecule has 1 amide bonds. The zero-order valence-electron chi connectivity index (χ0n) is 19.5. The Hall–Kier alpha value is -2.91. The second kappa shape index (κ2) is 10.4. The van der Waals surface area contributed by atoms with Crippen molar-refractivity contribution in [2.45, 2.75) is 44.1 Å². The molecule has 1 N–H and O–H groups in total. The normalized spacial score (nSPS) is 14.9. The van der Waals surface area contributed by atoms with Crippen LogP contribution in [0.1, 0.15) is 42.6 Å². The Kier molecular flexibility index (Phi) is 7.76. The standard InChI is InChI=1S/C24H31N3O5S/c1-5-18-8-10-19(11-9-18)25-23(28)17(2)32-24(29)21-16-20(33(30,31)26(3)4)12-13-22(21)27-14-6-7-15-27/h8-13,16-17H,5-7,14-15H2,1-4H3,(H,25,28)/t17-/m1/s1. The number of nitrogens with one attached hydrogen (secondary N) is 1. The van der Waals surface area contributed by atoms with Crippen molar-refractivity contribution in [1.82, 2.24) is 4.31 Å². The van der Waals surface area contributed by atoms with E-state index in [0.29, 0.717) is 11.4 Å². The van der Waals surface area contributed by atoms with E-state index < -0.39 is 28.0 Å². The minimum absolute atomic E-state index is 0.00415. The van der Waals surface area contributed by atoms with Crippen LogP contribution in [0.3, 0.4) is 0 Å². The van der Waals surface area contributed by atoms with E-state index in [1.54, 1.807) is 18.2 Å². The zero-order chi connectivity index (χ0) is 24.2. The second-order valence-corrected chi connectivity index (χ2v) is 10.4. The third-order valence-electron chi connectivity index (χ3n) is 5.70. The topological polar surface area (TPSA) is 96.0 Å². The number of carbonyl (C=O) groups is 2. The van der Waals surface area contributed by atoms with Crippen LogP contribution in [0.2, 0.25) is 0 Å². The highest BCUT2D eigenvalue weighted by Crippen LogP contribution is 2.29. The molecule has 0 aliphatic carbocycles. The molecule has 0 spiro atoms. The van der Waals surface area contributed by atoms with Gasteiger partial charge in [-0.15, -0.1) is 0 Å². The first kappa shape index (κ1) is 24.7. The van der Waals surface area contributed by atoms with Crippen LogP contribution < -0.4 is 10.2 Å². The zero-order valence-corrected chi connectivity index (χ0v) is 20.3. The molecule has 0 saturated carbocycles. The second-order valence-electron chi connectivity index (χ2n) is 8.25. The summed E-state index contributed by atoms with van der Waals surface area (Å²) in [6, 6.07) is 11.9. The minimum Gasteiger partial charge on any atom is -0.449 e. The number of nitrogens with zero attached hydrogens (tertiary/aromatic N) is 2. The first-order chi connectivity index (χ1) is 15.6. The Morgan fingerprint density at radius 1 is 1.09 bits per heavy atom. The molecule has 8 nitrogen and oxygen atoms in total. The van der Waals surface area contributed by atoms with Gasteiger partial charge < -0.3 is 15.0 Å². The van der Waals surface area contributed by atoms with Crippen LogP contribution in [0.5, 0.6) is 0 Å². The average molecular weight is 474 g/mol. The van der Waals surface area contributed by atoms with Gasteiger partial charge in [-0.25, -0.2) is 17.5 Å². The fraction of sp³-hybridized carbons (Fsp3) is 0.417. The average Bonchev–Trinajstić information content (AvgIpc) is 3.33. The molecule has 1 fully saturated rings. The first-order valence-electron chi connectivity index (χ1n) is 11.1. The lowest BCUT2D eigenvalue weighted by molar-refractivity contribution is -0.123. The van der Waals surface area contributed by atoms with E-state index in [2.05, 4.69) is 5.32 Å². The van der Waals surface area contributed by atoms with Crippen molar-refractivity contribution in [1.29, 1.82) is 0 Å². The van der Waals surface area contributed by atoms with Crippen LogP contribution in [-0.2, 0) is 26.0 Å². The first-order valence-corrected chi connectivity index (χ1v) is 12.5. The number of anilines is 2. The fourth-order valence-electron chi connectivity index (χ4n) is 3.63. The molecular weight excluding hydrogens is 442 g/mol. The van der Waals surface area contributed by atoms with Crippen molar-refractivity contribution < 1.29 is 22.7 Å². The Labute approximate surface area is 195 Å². The number of sulfonamides is 1.